The zero-order chi connectivity index (χ0) is 23.8. The molecule has 180 valence electrons. The minimum atomic E-state index is -2.13. The lowest BCUT2D eigenvalue weighted by atomic mass is 9.84. The summed E-state index contributed by atoms with van der Waals surface area (Å²) in [5, 5.41) is 32.0. The third-order valence-corrected chi connectivity index (χ3v) is 7.08. The van der Waals surface area contributed by atoms with Crippen molar-refractivity contribution in [2.75, 3.05) is 13.2 Å². The summed E-state index contributed by atoms with van der Waals surface area (Å²) in [5.74, 6) is -0.144. The average molecular weight is 476 g/mol. The number of nitrogens with one attached hydrogen (secondary N) is 2. The molecule has 3 aliphatic carbocycles. The summed E-state index contributed by atoms with van der Waals surface area (Å²) in [6, 6.07) is 1.36. The van der Waals surface area contributed by atoms with Crippen LogP contribution >= 0.6 is 12.2 Å². The lowest BCUT2D eigenvalue weighted by Crippen LogP contribution is -2.50. The fraction of sp³-hybridized carbons (Fsp3) is 0.625. The van der Waals surface area contributed by atoms with Gasteiger partial charge in [-0.05, 0) is 95.0 Å². The van der Waals surface area contributed by atoms with Gasteiger partial charge in [-0.15, -0.1) is 0 Å². The lowest BCUT2D eigenvalue weighted by molar-refractivity contribution is -0.166. The van der Waals surface area contributed by atoms with Crippen LogP contribution in [-0.2, 0) is 20.7 Å². The van der Waals surface area contributed by atoms with Crippen LogP contribution in [0.1, 0.15) is 77.2 Å². The van der Waals surface area contributed by atoms with Crippen molar-refractivity contribution >= 4 is 23.3 Å². The molecule has 0 aromatic carbocycles. The van der Waals surface area contributed by atoms with Gasteiger partial charge in [-0.2, -0.15) is 0 Å². The van der Waals surface area contributed by atoms with Crippen molar-refractivity contribution in [2.45, 2.75) is 76.9 Å². The molecule has 1 heterocycles. The summed E-state index contributed by atoms with van der Waals surface area (Å²) < 4.78 is 10.3. The molecule has 3 aliphatic rings. The number of aromatic nitrogens is 1. The van der Waals surface area contributed by atoms with E-state index in [9.17, 15) is 15.0 Å². The highest BCUT2D eigenvalue weighted by Gasteiger charge is 2.44. The van der Waals surface area contributed by atoms with Crippen LogP contribution in [0.4, 0.5) is 0 Å². The largest absolute Gasteiger partial charge is 0.463 e. The molecular weight excluding hydrogens is 442 g/mol. The Bertz CT molecular complexity index is 1010. The van der Waals surface area contributed by atoms with Gasteiger partial charge in [-0.25, -0.2) is 4.79 Å². The van der Waals surface area contributed by atoms with Crippen molar-refractivity contribution in [1.82, 2.24) is 15.8 Å². The van der Waals surface area contributed by atoms with Gasteiger partial charge in [0.25, 0.3) is 0 Å². The van der Waals surface area contributed by atoms with E-state index in [0.717, 1.165) is 25.0 Å². The summed E-state index contributed by atoms with van der Waals surface area (Å²) in [7, 11) is 0. The van der Waals surface area contributed by atoms with Crippen molar-refractivity contribution in [2.24, 2.45) is 5.92 Å². The fourth-order valence-electron chi connectivity index (χ4n) is 5.09. The molecular formula is C24H33N3O5S. The topological polar surface area (TPSA) is 117 Å². The molecule has 0 bridgehead atoms. The molecule has 1 aromatic rings. The van der Waals surface area contributed by atoms with Gasteiger partial charge in [0.1, 0.15) is 11.3 Å². The first-order valence-corrected chi connectivity index (χ1v) is 12.1. The molecule has 4 N–H and O–H groups in total. The SMILES string of the molecule is CCOC(=O)C(O)(CNC(=S)NC1=C2CCCC2CC2=C1CCC2)c1cc(C(C)(C)O)on1. The van der Waals surface area contributed by atoms with Crippen LogP contribution in [0.3, 0.4) is 0 Å². The first-order chi connectivity index (χ1) is 15.6. The van der Waals surface area contributed by atoms with E-state index < -0.39 is 17.2 Å². The second kappa shape index (κ2) is 9.19. The van der Waals surface area contributed by atoms with E-state index in [1.54, 1.807) is 12.5 Å². The number of aliphatic hydroxyl groups is 2. The molecule has 4 rings (SSSR count). The number of fused-ring (bicyclic) bond motifs is 1. The number of hydrogen-bond acceptors (Lipinski definition) is 7. The summed E-state index contributed by atoms with van der Waals surface area (Å²) >= 11 is 5.56. The van der Waals surface area contributed by atoms with Crippen LogP contribution in [-0.4, -0.2) is 39.6 Å². The molecule has 0 spiro atoms. The fourth-order valence-corrected chi connectivity index (χ4v) is 5.27. The molecule has 1 aromatic heterocycles. The second-order valence-corrected chi connectivity index (χ2v) is 10.1. The highest BCUT2D eigenvalue weighted by Crippen LogP contribution is 2.48. The van der Waals surface area contributed by atoms with Gasteiger partial charge in [-0.3, -0.25) is 0 Å². The molecule has 33 heavy (non-hydrogen) atoms. The van der Waals surface area contributed by atoms with Crippen molar-refractivity contribution < 1.29 is 24.3 Å². The highest BCUT2D eigenvalue weighted by molar-refractivity contribution is 7.80. The van der Waals surface area contributed by atoms with Gasteiger partial charge in [0.15, 0.2) is 10.9 Å². The third-order valence-electron chi connectivity index (χ3n) is 6.83. The number of nitrogens with zero attached hydrogens (tertiary/aromatic N) is 1. The second-order valence-electron chi connectivity index (χ2n) is 9.65. The van der Waals surface area contributed by atoms with E-state index in [4.69, 9.17) is 21.5 Å². The zero-order valence-electron chi connectivity index (χ0n) is 19.5. The van der Waals surface area contributed by atoms with E-state index in [2.05, 4.69) is 15.8 Å². The van der Waals surface area contributed by atoms with Crippen LogP contribution in [0.2, 0.25) is 0 Å². The maximum absolute atomic E-state index is 12.7. The van der Waals surface area contributed by atoms with Crippen LogP contribution in [0.5, 0.6) is 0 Å². The molecule has 1 fully saturated rings. The Kier molecular flexibility index (Phi) is 6.66. The molecule has 0 amide bonds. The number of carbonyl (C=O) groups is 1. The van der Waals surface area contributed by atoms with Gasteiger partial charge in [0.05, 0.1) is 13.2 Å². The molecule has 1 saturated carbocycles. The number of rotatable bonds is 7. The molecule has 0 saturated heterocycles. The number of ether oxygens (including phenoxy) is 1. The predicted molar refractivity (Wildman–Crippen MR) is 126 cm³/mol. The number of carbonyl (C=O) groups excluding carboxylic acids is 1. The monoisotopic (exact) mass is 475 g/mol. The van der Waals surface area contributed by atoms with Crippen LogP contribution in [0, 0.1) is 5.92 Å². The number of thiocarbonyl (C=S) groups is 1. The molecule has 2 unspecified atom stereocenters. The van der Waals surface area contributed by atoms with Crippen LogP contribution < -0.4 is 10.6 Å². The first-order valence-electron chi connectivity index (χ1n) is 11.7. The van der Waals surface area contributed by atoms with Gasteiger partial charge in [0.2, 0.25) is 5.60 Å². The smallest absolute Gasteiger partial charge is 0.346 e. The van der Waals surface area contributed by atoms with Gasteiger partial charge < -0.3 is 30.1 Å². The Balaban J connectivity index is 1.51. The van der Waals surface area contributed by atoms with Crippen LogP contribution in [0.25, 0.3) is 0 Å². The zero-order valence-corrected chi connectivity index (χ0v) is 20.3. The van der Waals surface area contributed by atoms with Gasteiger partial charge in [0, 0.05) is 11.8 Å². The Morgan fingerprint density at radius 3 is 2.79 bits per heavy atom. The quantitative estimate of drug-likeness (QED) is 0.349. The molecule has 2 atom stereocenters. The van der Waals surface area contributed by atoms with E-state index in [1.165, 1.54) is 56.7 Å². The molecule has 0 radical (unpaired) electrons. The lowest BCUT2D eigenvalue weighted by Gasteiger charge is -2.28. The maximum atomic E-state index is 12.7. The third kappa shape index (κ3) is 4.72. The number of allylic oxidation sites excluding steroid dienone is 3. The van der Waals surface area contributed by atoms with E-state index in [0.29, 0.717) is 11.0 Å². The highest BCUT2D eigenvalue weighted by atomic mass is 32.1. The number of hydrogen-bond donors (Lipinski definition) is 4. The van der Waals surface area contributed by atoms with Gasteiger partial charge in [-0.1, -0.05) is 10.7 Å². The van der Waals surface area contributed by atoms with E-state index in [1.807, 2.05) is 0 Å². The number of esters is 1. The van der Waals surface area contributed by atoms with E-state index >= 15 is 0 Å². The van der Waals surface area contributed by atoms with Crippen molar-refractivity contribution in [3.63, 3.8) is 0 Å². The Morgan fingerprint density at radius 2 is 2.09 bits per heavy atom. The minimum Gasteiger partial charge on any atom is -0.463 e. The summed E-state index contributed by atoms with van der Waals surface area (Å²) in [4.78, 5) is 12.7. The summed E-state index contributed by atoms with van der Waals surface area (Å²) in [6.45, 7) is 4.55. The van der Waals surface area contributed by atoms with Crippen molar-refractivity contribution in [3.8, 4) is 0 Å². The Labute approximate surface area is 199 Å². The van der Waals surface area contributed by atoms with E-state index in [-0.39, 0.29) is 24.6 Å². The first kappa shape index (κ1) is 23.9. The standard InChI is InChI=1S/C24H33N3O5S/c1-4-31-21(28)24(30,18-12-19(32-27-18)23(2,3)29)13-25-22(33)26-20-16-9-5-7-14(16)11-15-8-6-10-17(15)20/h12,14,29-30H,4-11,13H2,1-3H3,(H2,25,26,33). The normalized spacial score (nSPS) is 22.0. The maximum Gasteiger partial charge on any atom is 0.346 e. The predicted octanol–water partition coefficient (Wildman–Crippen LogP) is 3.06. The van der Waals surface area contributed by atoms with Crippen LogP contribution in [0.15, 0.2) is 33.0 Å². The summed E-state index contributed by atoms with van der Waals surface area (Å²) in [6.07, 6.45) is 8.06. The molecule has 9 heteroatoms. The van der Waals surface area contributed by atoms with Crippen molar-refractivity contribution in [3.05, 3.63) is 39.9 Å². The Hall–Kier alpha value is -2.23. The summed E-state index contributed by atoms with van der Waals surface area (Å²) in [5.41, 5.74) is 2.02. The van der Waals surface area contributed by atoms with Crippen molar-refractivity contribution in [1.29, 1.82) is 0 Å². The molecule has 0 aliphatic heterocycles. The minimum absolute atomic E-state index is 0.0512. The molecule has 8 nitrogen and oxygen atoms in total. The van der Waals surface area contributed by atoms with Gasteiger partial charge >= 0.3 is 5.97 Å². The average Bonchev–Trinajstić information content (AvgIpc) is 3.51. The Morgan fingerprint density at radius 1 is 1.30 bits per heavy atom.